The summed E-state index contributed by atoms with van der Waals surface area (Å²) in [5.41, 5.74) is -0.772. The molecule has 0 amide bonds. The second kappa shape index (κ2) is 3.64. The third-order valence-electron chi connectivity index (χ3n) is 2.89. The first kappa shape index (κ1) is 11.7. The largest absolute Gasteiger partial charge is 0.417 e. The van der Waals surface area contributed by atoms with Crippen LogP contribution in [0.5, 0.6) is 0 Å². The predicted octanol–water partition coefficient (Wildman–Crippen LogP) is 3.99. The van der Waals surface area contributed by atoms with E-state index in [1.54, 1.807) is 6.07 Å². The van der Waals surface area contributed by atoms with E-state index in [0.29, 0.717) is 5.56 Å². The van der Waals surface area contributed by atoms with E-state index < -0.39 is 17.3 Å². The molecule has 0 N–H and O–H groups in total. The van der Waals surface area contributed by atoms with Crippen LogP contribution in [-0.2, 0) is 16.5 Å². The highest BCUT2D eigenvalue weighted by molar-refractivity contribution is 6.31. The second-order valence-electron chi connectivity index (χ2n) is 3.89. The fourth-order valence-corrected chi connectivity index (χ4v) is 1.97. The van der Waals surface area contributed by atoms with Crippen molar-refractivity contribution in [2.45, 2.75) is 24.6 Å². The van der Waals surface area contributed by atoms with Gasteiger partial charge in [0.05, 0.1) is 16.2 Å². The highest BCUT2D eigenvalue weighted by atomic mass is 35.5. The molecule has 5 heteroatoms. The lowest BCUT2D eigenvalue weighted by molar-refractivity contribution is -0.137. The molecule has 1 aromatic rings. The number of methoxy groups -OCH3 is 1. The Morgan fingerprint density at radius 3 is 2.38 bits per heavy atom. The van der Waals surface area contributed by atoms with Gasteiger partial charge in [0.25, 0.3) is 0 Å². The summed E-state index contributed by atoms with van der Waals surface area (Å²) >= 11 is 5.53. The van der Waals surface area contributed by atoms with Crippen LogP contribution < -0.4 is 0 Å². The highest BCUT2D eigenvalue weighted by Gasteiger charge is 2.46. The van der Waals surface area contributed by atoms with E-state index >= 15 is 0 Å². The Morgan fingerprint density at radius 2 is 1.94 bits per heavy atom. The number of benzene rings is 1. The van der Waals surface area contributed by atoms with Crippen LogP contribution in [0.2, 0.25) is 5.02 Å². The summed E-state index contributed by atoms with van der Waals surface area (Å²) in [4.78, 5) is 0. The number of halogens is 4. The van der Waals surface area contributed by atoms with Gasteiger partial charge in [0.15, 0.2) is 0 Å². The van der Waals surface area contributed by atoms with Crippen molar-refractivity contribution in [3.63, 3.8) is 0 Å². The molecule has 1 aliphatic rings. The van der Waals surface area contributed by atoms with E-state index in [9.17, 15) is 13.2 Å². The molecule has 1 aliphatic carbocycles. The molecule has 0 heterocycles. The van der Waals surface area contributed by atoms with Crippen molar-refractivity contribution in [1.29, 1.82) is 0 Å². The SMILES string of the molecule is COC1(c2ccc(Cl)c(C(F)(F)F)c2)CC1. The van der Waals surface area contributed by atoms with Crippen LogP contribution in [0.1, 0.15) is 24.0 Å². The number of hydrogen-bond donors (Lipinski definition) is 0. The van der Waals surface area contributed by atoms with Crippen molar-refractivity contribution < 1.29 is 17.9 Å². The molecule has 1 fully saturated rings. The Balaban J connectivity index is 2.44. The first-order valence-corrected chi connectivity index (χ1v) is 5.19. The monoisotopic (exact) mass is 250 g/mol. The van der Waals surface area contributed by atoms with Crippen molar-refractivity contribution >= 4 is 11.6 Å². The first-order valence-electron chi connectivity index (χ1n) is 4.81. The van der Waals surface area contributed by atoms with Gasteiger partial charge in [-0.1, -0.05) is 17.7 Å². The molecule has 1 nitrogen and oxygen atoms in total. The molecule has 16 heavy (non-hydrogen) atoms. The van der Waals surface area contributed by atoms with Gasteiger partial charge in [-0.15, -0.1) is 0 Å². The normalized spacial score (nSPS) is 18.6. The Hall–Kier alpha value is -0.740. The van der Waals surface area contributed by atoms with Gasteiger partial charge in [-0.05, 0) is 30.5 Å². The maximum Gasteiger partial charge on any atom is 0.417 e. The summed E-state index contributed by atoms with van der Waals surface area (Å²) in [6, 6.07) is 3.95. The summed E-state index contributed by atoms with van der Waals surface area (Å²) in [7, 11) is 1.51. The third-order valence-corrected chi connectivity index (χ3v) is 3.22. The van der Waals surface area contributed by atoms with Gasteiger partial charge in [0, 0.05) is 7.11 Å². The maximum atomic E-state index is 12.6. The molecule has 0 atom stereocenters. The summed E-state index contributed by atoms with van der Waals surface area (Å²) in [5.74, 6) is 0. The zero-order valence-corrected chi connectivity index (χ0v) is 9.32. The molecule has 0 bridgehead atoms. The first-order chi connectivity index (χ1) is 7.39. The van der Waals surface area contributed by atoms with E-state index in [4.69, 9.17) is 16.3 Å². The van der Waals surface area contributed by atoms with Gasteiger partial charge in [-0.25, -0.2) is 0 Å². The summed E-state index contributed by atoms with van der Waals surface area (Å²) < 4.78 is 43.1. The van der Waals surface area contributed by atoms with Crippen molar-refractivity contribution in [2.75, 3.05) is 7.11 Å². The van der Waals surface area contributed by atoms with E-state index in [2.05, 4.69) is 0 Å². The lowest BCUT2D eigenvalue weighted by atomic mass is 10.0. The van der Waals surface area contributed by atoms with Crippen molar-refractivity contribution in [3.05, 3.63) is 34.3 Å². The molecule has 0 aromatic heterocycles. The van der Waals surface area contributed by atoms with E-state index in [0.717, 1.165) is 18.9 Å². The van der Waals surface area contributed by atoms with Crippen molar-refractivity contribution in [1.82, 2.24) is 0 Å². The van der Waals surface area contributed by atoms with Gasteiger partial charge < -0.3 is 4.74 Å². The third kappa shape index (κ3) is 1.92. The number of hydrogen-bond acceptors (Lipinski definition) is 1. The Bertz CT molecular complexity index is 410. The molecule has 1 aromatic carbocycles. The van der Waals surface area contributed by atoms with Gasteiger partial charge in [-0.2, -0.15) is 13.2 Å². The van der Waals surface area contributed by atoms with Crippen LogP contribution in [0, 0.1) is 0 Å². The van der Waals surface area contributed by atoms with E-state index in [1.807, 2.05) is 0 Å². The fourth-order valence-electron chi connectivity index (χ4n) is 1.75. The average Bonchev–Trinajstić information content (AvgIpc) is 2.97. The minimum absolute atomic E-state index is 0.275. The minimum Gasteiger partial charge on any atom is -0.374 e. The zero-order chi connectivity index (χ0) is 12.0. The van der Waals surface area contributed by atoms with Crippen LogP contribution in [0.3, 0.4) is 0 Å². The second-order valence-corrected chi connectivity index (χ2v) is 4.30. The molecular weight excluding hydrogens is 241 g/mol. The van der Waals surface area contributed by atoms with Crippen LogP contribution in [0.15, 0.2) is 18.2 Å². The smallest absolute Gasteiger partial charge is 0.374 e. The van der Waals surface area contributed by atoms with Gasteiger partial charge in [0.1, 0.15) is 0 Å². The molecule has 0 aliphatic heterocycles. The van der Waals surface area contributed by atoms with E-state index in [1.165, 1.54) is 13.2 Å². The summed E-state index contributed by atoms with van der Waals surface area (Å²) in [5, 5.41) is -0.275. The molecule has 1 saturated carbocycles. The molecule has 0 saturated heterocycles. The molecule has 0 radical (unpaired) electrons. The van der Waals surface area contributed by atoms with Crippen LogP contribution in [-0.4, -0.2) is 7.11 Å². The van der Waals surface area contributed by atoms with Crippen LogP contribution in [0.4, 0.5) is 13.2 Å². The Labute approximate surface area is 96.2 Å². The average molecular weight is 251 g/mol. The van der Waals surface area contributed by atoms with Crippen LogP contribution in [0.25, 0.3) is 0 Å². The van der Waals surface area contributed by atoms with E-state index in [-0.39, 0.29) is 5.02 Å². The molecule has 2 rings (SSSR count). The number of ether oxygens (including phenoxy) is 1. The standard InChI is InChI=1S/C11H10ClF3O/c1-16-10(4-5-10)7-2-3-9(12)8(6-7)11(13,14)15/h2-3,6H,4-5H2,1H3. The maximum absolute atomic E-state index is 12.6. The van der Waals surface area contributed by atoms with Gasteiger partial charge in [0.2, 0.25) is 0 Å². The number of alkyl halides is 3. The predicted molar refractivity (Wildman–Crippen MR) is 54.4 cm³/mol. The Morgan fingerprint density at radius 1 is 1.31 bits per heavy atom. The Kier molecular flexibility index (Phi) is 2.67. The van der Waals surface area contributed by atoms with Crippen molar-refractivity contribution in [3.8, 4) is 0 Å². The number of rotatable bonds is 2. The van der Waals surface area contributed by atoms with Gasteiger partial charge in [-0.3, -0.25) is 0 Å². The topological polar surface area (TPSA) is 9.23 Å². The van der Waals surface area contributed by atoms with Crippen molar-refractivity contribution in [2.24, 2.45) is 0 Å². The molecule has 88 valence electrons. The minimum atomic E-state index is -4.42. The molecule has 0 spiro atoms. The summed E-state index contributed by atoms with van der Waals surface area (Å²) in [6.45, 7) is 0. The lowest BCUT2D eigenvalue weighted by Crippen LogP contribution is -2.12. The van der Waals surface area contributed by atoms with Crippen LogP contribution >= 0.6 is 11.6 Å². The quantitative estimate of drug-likeness (QED) is 0.771. The zero-order valence-electron chi connectivity index (χ0n) is 8.57. The fraction of sp³-hybridized carbons (Fsp3) is 0.455. The summed E-state index contributed by atoms with van der Waals surface area (Å²) in [6.07, 6.45) is -2.91. The van der Waals surface area contributed by atoms with Gasteiger partial charge >= 0.3 is 6.18 Å². The molecular formula is C11H10ClF3O. The molecule has 0 unspecified atom stereocenters. The highest BCUT2D eigenvalue weighted by Crippen LogP contribution is 2.50. The lowest BCUT2D eigenvalue weighted by Gasteiger charge is -2.16.